The highest BCUT2D eigenvalue weighted by atomic mass is 32.2. The van der Waals surface area contributed by atoms with Crippen LogP contribution in [-0.4, -0.2) is 42.6 Å². The van der Waals surface area contributed by atoms with Gasteiger partial charge in [-0.25, -0.2) is 8.42 Å². The highest BCUT2D eigenvalue weighted by Crippen LogP contribution is 2.27. The van der Waals surface area contributed by atoms with Crippen LogP contribution in [0.3, 0.4) is 0 Å². The third kappa shape index (κ3) is 5.68. The molecule has 10 heteroatoms. The van der Waals surface area contributed by atoms with Crippen molar-refractivity contribution in [2.24, 2.45) is 5.92 Å². The molecule has 1 N–H and O–H groups in total. The first-order valence-corrected chi connectivity index (χ1v) is 11.6. The Morgan fingerprint density at radius 2 is 1.88 bits per heavy atom. The zero-order chi connectivity index (χ0) is 19.3. The van der Waals surface area contributed by atoms with Crippen molar-refractivity contribution in [3.63, 3.8) is 0 Å². The minimum absolute atomic E-state index is 0.356. The van der Waals surface area contributed by atoms with Crippen molar-refractivity contribution >= 4 is 49.8 Å². The largest absolute Gasteiger partial charge is 0.299 e. The van der Waals surface area contributed by atoms with Crippen LogP contribution in [0.15, 0.2) is 34.7 Å². The normalized spacial score (nSPS) is 12.8. The van der Waals surface area contributed by atoms with Gasteiger partial charge in [0.15, 0.2) is 4.34 Å². The number of carbonyl (C=O) groups is 1. The number of amides is 1. The van der Waals surface area contributed by atoms with E-state index in [1.54, 1.807) is 49.0 Å². The molecule has 1 unspecified atom stereocenters. The second-order valence-electron chi connectivity index (χ2n) is 6.14. The monoisotopic (exact) mass is 414 g/mol. The summed E-state index contributed by atoms with van der Waals surface area (Å²) in [5.74, 6) is 0.974. The molecule has 2 aromatic rings. The number of rotatable bonds is 8. The first kappa shape index (κ1) is 20.7. The maximum atomic E-state index is 12.6. The van der Waals surface area contributed by atoms with Crippen molar-refractivity contribution in [3.05, 3.63) is 30.3 Å². The number of hydrogen-bond acceptors (Lipinski definition) is 7. The fourth-order valence-corrected chi connectivity index (χ4v) is 5.06. The first-order valence-electron chi connectivity index (χ1n) is 8.00. The van der Waals surface area contributed by atoms with E-state index in [0.29, 0.717) is 16.7 Å². The van der Waals surface area contributed by atoms with E-state index in [2.05, 4.69) is 29.4 Å². The Morgan fingerprint density at radius 3 is 2.46 bits per heavy atom. The van der Waals surface area contributed by atoms with Gasteiger partial charge in [0.1, 0.15) is 6.04 Å². The van der Waals surface area contributed by atoms with Crippen molar-refractivity contribution in [3.8, 4) is 0 Å². The minimum Gasteiger partial charge on any atom is -0.299 e. The van der Waals surface area contributed by atoms with Crippen molar-refractivity contribution < 1.29 is 13.2 Å². The van der Waals surface area contributed by atoms with Crippen LogP contribution in [0.25, 0.3) is 0 Å². The van der Waals surface area contributed by atoms with E-state index in [0.717, 1.165) is 20.7 Å². The van der Waals surface area contributed by atoms with E-state index in [4.69, 9.17) is 0 Å². The van der Waals surface area contributed by atoms with Gasteiger partial charge in [0.05, 0.1) is 11.9 Å². The molecular formula is C16H22N4O3S3. The van der Waals surface area contributed by atoms with E-state index in [1.807, 2.05) is 0 Å². The molecule has 0 spiro atoms. The number of thioether (sulfide) groups is 1. The lowest BCUT2D eigenvalue weighted by atomic mass is 10.2. The number of anilines is 2. The highest BCUT2D eigenvalue weighted by molar-refractivity contribution is 8.01. The Morgan fingerprint density at radius 1 is 1.23 bits per heavy atom. The third-order valence-corrected chi connectivity index (χ3v) is 6.92. The van der Waals surface area contributed by atoms with Crippen LogP contribution < -0.4 is 9.62 Å². The molecule has 0 aliphatic rings. The molecule has 26 heavy (non-hydrogen) atoms. The summed E-state index contributed by atoms with van der Waals surface area (Å²) in [5, 5.41) is 11.0. The summed E-state index contributed by atoms with van der Waals surface area (Å²) in [5.41, 5.74) is 0.433. The number of para-hydroxylation sites is 1. The minimum atomic E-state index is -3.63. The summed E-state index contributed by atoms with van der Waals surface area (Å²) < 4.78 is 26.3. The van der Waals surface area contributed by atoms with Crippen molar-refractivity contribution in [1.82, 2.24) is 10.2 Å². The molecule has 0 aliphatic carbocycles. The van der Waals surface area contributed by atoms with Crippen LogP contribution in [0.4, 0.5) is 10.8 Å². The lowest BCUT2D eigenvalue weighted by Gasteiger charge is -2.27. The van der Waals surface area contributed by atoms with Gasteiger partial charge < -0.3 is 0 Å². The summed E-state index contributed by atoms with van der Waals surface area (Å²) >= 11 is 2.86. The molecule has 0 bridgehead atoms. The van der Waals surface area contributed by atoms with Crippen LogP contribution >= 0.6 is 23.1 Å². The highest BCUT2D eigenvalue weighted by Gasteiger charge is 2.29. The lowest BCUT2D eigenvalue weighted by Crippen LogP contribution is -2.45. The van der Waals surface area contributed by atoms with Crippen molar-refractivity contribution in [2.75, 3.05) is 21.6 Å². The number of sulfonamides is 1. The van der Waals surface area contributed by atoms with Crippen LogP contribution in [0.1, 0.15) is 20.8 Å². The standard InChI is InChI=1S/C16H22N4O3S3/c1-11(2)10-24-16-19-18-15(25-16)17-14(21)12(3)20(26(4,22)23)13-8-6-5-7-9-13/h5-9,11-12H,10H2,1-4H3,(H,17,18,21). The molecule has 1 aromatic heterocycles. The molecule has 142 valence electrons. The van der Waals surface area contributed by atoms with Gasteiger partial charge in [0.2, 0.25) is 21.1 Å². The van der Waals surface area contributed by atoms with Gasteiger partial charge in [-0.3, -0.25) is 14.4 Å². The smallest absolute Gasteiger partial charge is 0.249 e. The molecule has 0 fully saturated rings. The molecule has 2 rings (SSSR count). The number of aromatic nitrogens is 2. The van der Waals surface area contributed by atoms with Crippen LogP contribution in [0.2, 0.25) is 0 Å². The van der Waals surface area contributed by atoms with Gasteiger partial charge in [0, 0.05) is 5.75 Å². The summed E-state index contributed by atoms with van der Waals surface area (Å²) in [6.07, 6.45) is 1.08. The van der Waals surface area contributed by atoms with Crippen molar-refractivity contribution in [1.29, 1.82) is 0 Å². The van der Waals surface area contributed by atoms with E-state index >= 15 is 0 Å². The summed E-state index contributed by atoms with van der Waals surface area (Å²) in [6.45, 7) is 5.77. The average Bonchev–Trinajstić information content (AvgIpc) is 3.00. The predicted molar refractivity (Wildman–Crippen MR) is 107 cm³/mol. The zero-order valence-electron chi connectivity index (χ0n) is 15.0. The van der Waals surface area contributed by atoms with Crippen molar-refractivity contribution in [2.45, 2.75) is 31.2 Å². The second kappa shape index (κ2) is 8.83. The number of hydrogen-bond donors (Lipinski definition) is 1. The second-order valence-corrected chi connectivity index (χ2v) is 10.2. The zero-order valence-corrected chi connectivity index (χ0v) is 17.5. The van der Waals surface area contributed by atoms with E-state index in [1.165, 1.54) is 11.3 Å². The number of nitrogens with one attached hydrogen (secondary N) is 1. The first-order chi connectivity index (χ1) is 12.2. The molecule has 0 saturated carbocycles. The van der Waals surface area contributed by atoms with Crippen LogP contribution in [0, 0.1) is 5.92 Å². The third-order valence-electron chi connectivity index (χ3n) is 3.28. The van der Waals surface area contributed by atoms with Gasteiger partial charge in [-0.15, -0.1) is 10.2 Å². The number of carbonyl (C=O) groups excluding carboxylic acids is 1. The number of benzene rings is 1. The molecule has 1 aromatic carbocycles. The molecule has 0 aliphatic heterocycles. The lowest BCUT2D eigenvalue weighted by molar-refractivity contribution is -0.116. The Bertz CT molecular complexity index is 837. The molecule has 7 nitrogen and oxygen atoms in total. The molecular weight excluding hydrogens is 392 g/mol. The Balaban J connectivity index is 2.12. The van der Waals surface area contributed by atoms with Gasteiger partial charge in [0.25, 0.3) is 0 Å². The molecule has 1 heterocycles. The van der Waals surface area contributed by atoms with Gasteiger partial charge in [-0.05, 0) is 25.0 Å². The SMILES string of the molecule is CC(C)CSc1nnc(NC(=O)C(C)N(c2ccccc2)S(C)(=O)=O)s1. The molecule has 1 amide bonds. The van der Waals surface area contributed by atoms with E-state index < -0.39 is 22.0 Å². The summed E-state index contributed by atoms with van der Waals surface area (Å²) in [4.78, 5) is 12.6. The fourth-order valence-electron chi connectivity index (χ4n) is 2.15. The maximum Gasteiger partial charge on any atom is 0.249 e. The molecule has 0 saturated heterocycles. The summed E-state index contributed by atoms with van der Waals surface area (Å²) in [7, 11) is -3.63. The maximum absolute atomic E-state index is 12.6. The Kier molecular flexibility index (Phi) is 7.01. The molecule has 1 atom stereocenters. The fraction of sp³-hybridized carbons (Fsp3) is 0.438. The molecule has 0 radical (unpaired) electrons. The topological polar surface area (TPSA) is 92.3 Å². The predicted octanol–water partition coefficient (Wildman–Crippen LogP) is 3.08. The average molecular weight is 415 g/mol. The van der Waals surface area contributed by atoms with Crippen LogP contribution in [0.5, 0.6) is 0 Å². The van der Waals surface area contributed by atoms with Crippen LogP contribution in [-0.2, 0) is 14.8 Å². The number of nitrogens with zero attached hydrogens (tertiary/aromatic N) is 3. The van der Waals surface area contributed by atoms with Gasteiger partial charge in [-0.2, -0.15) is 0 Å². The van der Waals surface area contributed by atoms with E-state index in [-0.39, 0.29) is 0 Å². The van der Waals surface area contributed by atoms with Gasteiger partial charge in [-0.1, -0.05) is 55.1 Å². The quantitative estimate of drug-likeness (QED) is 0.527. The van der Waals surface area contributed by atoms with Gasteiger partial charge >= 0.3 is 0 Å². The Hall–Kier alpha value is -1.65. The Labute approximate surface area is 162 Å². The summed E-state index contributed by atoms with van der Waals surface area (Å²) in [6, 6.07) is 7.60. The van der Waals surface area contributed by atoms with E-state index in [9.17, 15) is 13.2 Å².